The molecule has 66 valence electrons. The fourth-order valence-corrected chi connectivity index (χ4v) is 1.16. The van der Waals surface area contributed by atoms with Gasteiger partial charge in [-0.25, -0.2) is 0 Å². The summed E-state index contributed by atoms with van der Waals surface area (Å²) in [6, 6.07) is 2.52. The smallest absolute Gasteiger partial charge is 0.304 e. The molecule has 1 aliphatic carbocycles. The maximum atomic E-state index is 10.2. The minimum Gasteiger partial charge on any atom is -0.481 e. The van der Waals surface area contributed by atoms with Crippen molar-refractivity contribution in [2.45, 2.75) is 25.3 Å². The van der Waals surface area contributed by atoms with Crippen molar-refractivity contribution in [3.8, 4) is 6.07 Å². The van der Waals surface area contributed by atoms with E-state index in [-0.39, 0.29) is 6.42 Å². The summed E-state index contributed by atoms with van der Waals surface area (Å²) in [5, 5.41) is 16.9. The van der Waals surface area contributed by atoms with Crippen molar-refractivity contribution in [1.82, 2.24) is 4.90 Å². The fourth-order valence-electron chi connectivity index (χ4n) is 1.16. The lowest BCUT2D eigenvalue weighted by Gasteiger charge is -2.16. The second-order valence-electron chi connectivity index (χ2n) is 3.00. The van der Waals surface area contributed by atoms with Crippen LogP contribution in [0.15, 0.2) is 0 Å². The van der Waals surface area contributed by atoms with E-state index in [0.29, 0.717) is 19.1 Å². The Hall–Kier alpha value is -1.08. The average molecular weight is 168 g/mol. The predicted molar refractivity (Wildman–Crippen MR) is 42.5 cm³/mol. The monoisotopic (exact) mass is 168 g/mol. The van der Waals surface area contributed by atoms with Gasteiger partial charge in [-0.1, -0.05) is 0 Å². The van der Waals surface area contributed by atoms with Gasteiger partial charge in [-0.05, 0) is 12.8 Å². The number of hydrogen-bond acceptors (Lipinski definition) is 3. The van der Waals surface area contributed by atoms with Gasteiger partial charge in [0.05, 0.1) is 19.0 Å². The summed E-state index contributed by atoms with van der Waals surface area (Å²) >= 11 is 0. The number of carbonyl (C=O) groups is 1. The van der Waals surface area contributed by atoms with E-state index in [2.05, 4.69) is 0 Å². The summed E-state index contributed by atoms with van der Waals surface area (Å²) in [4.78, 5) is 12.2. The third-order valence-electron chi connectivity index (χ3n) is 1.95. The van der Waals surface area contributed by atoms with Gasteiger partial charge in [0, 0.05) is 12.6 Å². The molecule has 0 heterocycles. The zero-order valence-electron chi connectivity index (χ0n) is 6.86. The number of nitriles is 1. The third kappa shape index (κ3) is 2.89. The van der Waals surface area contributed by atoms with Gasteiger partial charge in [0.1, 0.15) is 0 Å². The molecule has 0 unspecified atom stereocenters. The van der Waals surface area contributed by atoms with Crippen molar-refractivity contribution in [3.63, 3.8) is 0 Å². The molecule has 1 saturated carbocycles. The van der Waals surface area contributed by atoms with Crippen molar-refractivity contribution in [2.24, 2.45) is 0 Å². The van der Waals surface area contributed by atoms with Crippen LogP contribution in [0.4, 0.5) is 0 Å². The van der Waals surface area contributed by atoms with Gasteiger partial charge in [0.25, 0.3) is 0 Å². The van der Waals surface area contributed by atoms with Crippen LogP contribution in [-0.4, -0.2) is 35.1 Å². The highest BCUT2D eigenvalue weighted by atomic mass is 16.4. The minimum absolute atomic E-state index is 0.137. The summed E-state index contributed by atoms with van der Waals surface area (Å²) in [7, 11) is 0. The molecule has 1 N–H and O–H groups in total. The van der Waals surface area contributed by atoms with Crippen LogP contribution in [0.1, 0.15) is 19.3 Å². The molecular weight excluding hydrogens is 156 g/mol. The molecule has 0 aromatic rings. The maximum Gasteiger partial charge on any atom is 0.304 e. The second kappa shape index (κ2) is 4.07. The molecule has 0 aliphatic heterocycles. The highest BCUT2D eigenvalue weighted by Crippen LogP contribution is 2.26. The molecule has 4 nitrogen and oxygen atoms in total. The standard InChI is InChI=1S/C8H12N2O2/c9-4-6-10(7-1-2-7)5-3-8(11)12/h7H,1-3,5-6H2,(H,11,12). The Morgan fingerprint density at radius 1 is 1.67 bits per heavy atom. The zero-order valence-corrected chi connectivity index (χ0v) is 6.86. The molecule has 0 saturated heterocycles. The van der Waals surface area contributed by atoms with Crippen molar-refractivity contribution >= 4 is 5.97 Å². The number of carboxylic acids is 1. The number of carboxylic acid groups (broad SMARTS) is 1. The lowest BCUT2D eigenvalue weighted by Crippen LogP contribution is -2.28. The number of nitrogens with zero attached hydrogens (tertiary/aromatic N) is 2. The number of rotatable bonds is 5. The molecule has 0 atom stereocenters. The topological polar surface area (TPSA) is 64.3 Å². The lowest BCUT2D eigenvalue weighted by molar-refractivity contribution is -0.137. The fraction of sp³-hybridized carbons (Fsp3) is 0.750. The highest BCUT2D eigenvalue weighted by molar-refractivity contribution is 5.66. The van der Waals surface area contributed by atoms with Crippen LogP contribution in [0.25, 0.3) is 0 Å². The van der Waals surface area contributed by atoms with Crippen LogP contribution in [0.2, 0.25) is 0 Å². The van der Waals surface area contributed by atoms with Crippen molar-refractivity contribution < 1.29 is 9.90 Å². The molecule has 0 aromatic heterocycles. The van der Waals surface area contributed by atoms with Gasteiger partial charge >= 0.3 is 5.97 Å². The van der Waals surface area contributed by atoms with Gasteiger partial charge in [0.15, 0.2) is 0 Å². The summed E-state index contributed by atoms with van der Waals surface area (Å²) in [6.07, 6.45) is 2.36. The zero-order chi connectivity index (χ0) is 8.97. The van der Waals surface area contributed by atoms with Crippen LogP contribution in [0.5, 0.6) is 0 Å². The van der Waals surface area contributed by atoms with E-state index in [0.717, 1.165) is 12.8 Å². The van der Waals surface area contributed by atoms with E-state index in [1.165, 1.54) is 0 Å². The minimum atomic E-state index is -0.793. The molecule has 0 spiro atoms. The van der Waals surface area contributed by atoms with Crippen molar-refractivity contribution in [1.29, 1.82) is 5.26 Å². The third-order valence-corrected chi connectivity index (χ3v) is 1.95. The van der Waals surface area contributed by atoms with Crippen LogP contribution in [0, 0.1) is 11.3 Å². The van der Waals surface area contributed by atoms with E-state index in [4.69, 9.17) is 10.4 Å². The van der Waals surface area contributed by atoms with E-state index in [1.807, 2.05) is 11.0 Å². The molecule has 4 heteroatoms. The predicted octanol–water partition coefficient (Wildman–Crippen LogP) is 0.449. The second-order valence-corrected chi connectivity index (χ2v) is 3.00. The molecular formula is C8H12N2O2. The average Bonchev–Trinajstić information content (AvgIpc) is 2.79. The number of aliphatic carboxylic acids is 1. The van der Waals surface area contributed by atoms with Crippen LogP contribution in [0.3, 0.4) is 0 Å². The van der Waals surface area contributed by atoms with E-state index >= 15 is 0 Å². The first-order valence-corrected chi connectivity index (χ1v) is 4.07. The molecule has 0 amide bonds. The molecule has 0 radical (unpaired) electrons. The first-order chi connectivity index (χ1) is 5.74. The molecule has 12 heavy (non-hydrogen) atoms. The molecule has 1 rings (SSSR count). The van der Waals surface area contributed by atoms with E-state index < -0.39 is 5.97 Å². The first-order valence-electron chi connectivity index (χ1n) is 4.07. The Morgan fingerprint density at radius 3 is 2.75 bits per heavy atom. The summed E-state index contributed by atoms with van der Waals surface area (Å²) in [5.74, 6) is -0.793. The first kappa shape index (κ1) is 9.01. The van der Waals surface area contributed by atoms with Crippen molar-refractivity contribution in [2.75, 3.05) is 13.1 Å². The molecule has 0 bridgehead atoms. The van der Waals surface area contributed by atoms with Gasteiger partial charge in [-0.15, -0.1) is 0 Å². The molecule has 1 aliphatic rings. The maximum absolute atomic E-state index is 10.2. The van der Waals surface area contributed by atoms with Gasteiger partial charge in [0.2, 0.25) is 0 Å². The quantitative estimate of drug-likeness (QED) is 0.605. The normalized spacial score (nSPS) is 16.0. The highest BCUT2D eigenvalue weighted by Gasteiger charge is 2.28. The Kier molecular flexibility index (Phi) is 3.06. The number of hydrogen-bond donors (Lipinski definition) is 1. The van der Waals surface area contributed by atoms with E-state index in [1.54, 1.807) is 0 Å². The van der Waals surface area contributed by atoms with Crippen LogP contribution in [-0.2, 0) is 4.79 Å². The van der Waals surface area contributed by atoms with Crippen molar-refractivity contribution in [3.05, 3.63) is 0 Å². The summed E-state index contributed by atoms with van der Waals surface area (Å²) in [6.45, 7) is 0.867. The van der Waals surface area contributed by atoms with Crippen LogP contribution < -0.4 is 0 Å². The Bertz CT molecular complexity index is 206. The van der Waals surface area contributed by atoms with Gasteiger partial charge in [-0.2, -0.15) is 5.26 Å². The Labute approximate surface area is 71.4 Å². The SMILES string of the molecule is N#CCN(CCC(=O)O)C1CC1. The molecule has 1 fully saturated rings. The largest absolute Gasteiger partial charge is 0.481 e. The van der Waals surface area contributed by atoms with Gasteiger partial charge < -0.3 is 5.11 Å². The Morgan fingerprint density at radius 2 is 2.33 bits per heavy atom. The lowest BCUT2D eigenvalue weighted by atomic mass is 10.3. The summed E-state index contributed by atoms with van der Waals surface area (Å²) in [5.41, 5.74) is 0. The van der Waals surface area contributed by atoms with Crippen LogP contribution >= 0.6 is 0 Å². The molecule has 0 aromatic carbocycles. The summed E-state index contributed by atoms with van der Waals surface area (Å²) < 4.78 is 0. The Balaban J connectivity index is 2.23. The van der Waals surface area contributed by atoms with Gasteiger partial charge in [-0.3, -0.25) is 9.69 Å². The van der Waals surface area contributed by atoms with E-state index in [9.17, 15) is 4.79 Å².